The molecule has 1 amide bonds. The Balaban J connectivity index is 2.36. The second kappa shape index (κ2) is 5.57. The zero-order valence-corrected chi connectivity index (χ0v) is 11.2. The number of benzene rings is 1. The minimum Gasteiger partial charge on any atom is -0.494 e. The Labute approximate surface area is 112 Å². The number of ether oxygens (including phenoxy) is 1. The van der Waals surface area contributed by atoms with Gasteiger partial charge in [0.15, 0.2) is 11.6 Å². The van der Waals surface area contributed by atoms with Crippen LogP contribution in [0.5, 0.6) is 5.75 Å². The molecule has 0 spiro atoms. The normalized spacial score (nSPS) is 22.6. The van der Waals surface area contributed by atoms with Gasteiger partial charge in [-0.15, -0.1) is 0 Å². The van der Waals surface area contributed by atoms with Crippen LogP contribution in [0.2, 0.25) is 0 Å². The van der Waals surface area contributed by atoms with Gasteiger partial charge in [0.25, 0.3) is 0 Å². The molecule has 104 valence electrons. The molecule has 1 aromatic rings. The predicted octanol–water partition coefficient (Wildman–Crippen LogP) is 1.70. The first-order valence-electron chi connectivity index (χ1n) is 6.39. The molecule has 4 nitrogen and oxygen atoms in total. The second-order valence-electron chi connectivity index (χ2n) is 4.84. The number of amides is 1. The maximum absolute atomic E-state index is 13.8. The fraction of sp³-hybridized carbons (Fsp3) is 0.500. The highest BCUT2D eigenvalue weighted by molar-refractivity contribution is 5.74. The molecule has 1 aliphatic rings. The lowest BCUT2D eigenvalue weighted by Crippen LogP contribution is -2.31. The van der Waals surface area contributed by atoms with Crippen molar-refractivity contribution < 1.29 is 13.9 Å². The van der Waals surface area contributed by atoms with Crippen LogP contribution in [-0.4, -0.2) is 31.0 Å². The number of likely N-dealkylation sites (tertiary alicyclic amines) is 1. The summed E-state index contributed by atoms with van der Waals surface area (Å²) >= 11 is 0. The Morgan fingerprint density at radius 2 is 2.32 bits per heavy atom. The number of nitrogens with zero attached hydrogens (tertiary/aromatic N) is 1. The van der Waals surface area contributed by atoms with Crippen LogP contribution in [0.1, 0.15) is 24.9 Å². The molecule has 1 aromatic carbocycles. The second-order valence-corrected chi connectivity index (χ2v) is 4.84. The van der Waals surface area contributed by atoms with Crippen molar-refractivity contribution in [3.05, 3.63) is 29.6 Å². The Hall–Kier alpha value is -1.62. The summed E-state index contributed by atoms with van der Waals surface area (Å²) in [6, 6.07) is 4.70. The van der Waals surface area contributed by atoms with Crippen LogP contribution in [0.15, 0.2) is 18.2 Å². The smallest absolute Gasteiger partial charge is 0.219 e. The minimum atomic E-state index is -0.411. The standard InChI is InChI=1S/C14H19FN2O2/c1-9(18)17-6-5-11(8-16)14(17)10-3-4-13(19-2)12(15)7-10/h3-4,7,11,14H,5-6,8,16H2,1-2H3. The lowest BCUT2D eigenvalue weighted by atomic mass is 9.93. The monoisotopic (exact) mass is 266 g/mol. The van der Waals surface area contributed by atoms with Crippen molar-refractivity contribution in [3.63, 3.8) is 0 Å². The first-order chi connectivity index (χ1) is 9.08. The average Bonchev–Trinajstić information content (AvgIpc) is 2.82. The van der Waals surface area contributed by atoms with E-state index in [4.69, 9.17) is 10.5 Å². The highest BCUT2D eigenvalue weighted by Crippen LogP contribution is 2.37. The Morgan fingerprint density at radius 3 is 2.84 bits per heavy atom. The largest absolute Gasteiger partial charge is 0.494 e. The maximum atomic E-state index is 13.8. The Bertz CT molecular complexity index is 479. The fourth-order valence-electron chi connectivity index (χ4n) is 2.78. The van der Waals surface area contributed by atoms with Crippen LogP contribution >= 0.6 is 0 Å². The van der Waals surface area contributed by atoms with Crippen LogP contribution in [0, 0.1) is 11.7 Å². The zero-order valence-electron chi connectivity index (χ0n) is 11.2. The van der Waals surface area contributed by atoms with E-state index in [0.717, 1.165) is 12.0 Å². The molecule has 1 fully saturated rings. The quantitative estimate of drug-likeness (QED) is 0.906. The molecule has 0 radical (unpaired) electrons. The topological polar surface area (TPSA) is 55.6 Å². The van der Waals surface area contributed by atoms with E-state index in [0.29, 0.717) is 13.1 Å². The van der Waals surface area contributed by atoms with Crippen molar-refractivity contribution in [3.8, 4) is 5.75 Å². The Morgan fingerprint density at radius 1 is 1.58 bits per heavy atom. The number of carbonyl (C=O) groups is 1. The molecule has 0 aliphatic carbocycles. The van der Waals surface area contributed by atoms with Crippen molar-refractivity contribution >= 4 is 5.91 Å². The van der Waals surface area contributed by atoms with Gasteiger partial charge in [-0.2, -0.15) is 0 Å². The average molecular weight is 266 g/mol. The van der Waals surface area contributed by atoms with Gasteiger partial charge < -0.3 is 15.4 Å². The highest BCUT2D eigenvalue weighted by Gasteiger charge is 2.36. The van der Waals surface area contributed by atoms with Gasteiger partial charge in [-0.1, -0.05) is 6.07 Å². The van der Waals surface area contributed by atoms with Crippen LogP contribution in [-0.2, 0) is 4.79 Å². The predicted molar refractivity (Wildman–Crippen MR) is 70.2 cm³/mol. The molecule has 0 saturated carbocycles. The van der Waals surface area contributed by atoms with E-state index >= 15 is 0 Å². The van der Waals surface area contributed by atoms with Gasteiger partial charge in [-0.3, -0.25) is 4.79 Å². The number of methoxy groups -OCH3 is 1. The summed E-state index contributed by atoms with van der Waals surface area (Å²) in [6.07, 6.45) is 0.856. The molecule has 1 heterocycles. The number of carbonyl (C=O) groups excluding carboxylic acids is 1. The van der Waals surface area contributed by atoms with Crippen molar-refractivity contribution in [2.24, 2.45) is 11.7 Å². The van der Waals surface area contributed by atoms with Gasteiger partial charge in [-0.25, -0.2) is 4.39 Å². The highest BCUT2D eigenvalue weighted by atomic mass is 19.1. The molecule has 2 N–H and O–H groups in total. The SMILES string of the molecule is COc1ccc(C2C(CN)CCN2C(C)=O)cc1F. The first-order valence-corrected chi connectivity index (χ1v) is 6.39. The van der Waals surface area contributed by atoms with E-state index in [2.05, 4.69) is 0 Å². The van der Waals surface area contributed by atoms with Crippen molar-refractivity contribution in [1.82, 2.24) is 4.90 Å². The molecule has 2 rings (SSSR count). The lowest BCUT2D eigenvalue weighted by Gasteiger charge is -2.27. The summed E-state index contributed by atoms with van der Waals surface area (Å²) in [5.74, 6) is -0.0273. The molecule has 5 heteroatoms. The first kappa shape index (κ1) is 13.8. The fourth-order valence-corrected chi connectivity index (χ4v) is 2.78. The van der Waals surface area contributed by atoms with Gasteiger partial charge in [-0.05, 0) is 36.6 Å². The van der Waals surface area contributed by atoms with Crippen LogP contribution in [0.25, 0.3) is 0 Å². The Kier molecular flexibility index (Phi) is 4.04. The molecule has 2 atom stereocenters. The summed E-state index contributed by atoms with van der Waals surface area (Å²) in [6.45, 7) is 2.70. The molecule has 0 aromatic heterocycles. The third kappa shape index (κ3) is 2.56. The molecular weight excluding hydrogens is 247 g/mol. The third-order valence-corrected chi connectivity index (χ3v) is 3.75. The van der Waals surface area contributed by atoms with Crippen molar-refractivity contribution in [2.45, 2.75) is 19.4 Å². The number of hydrogen-bond donors (Lipinski definition) is 1. The molecule has 1 saturated heterocycles. The van der Waals surface area contributed by atoms with E-state index in [1.54, 1.807) is 17.0 Å². The summed E-state index contributed by atoms with van der Waals surface area (Å²) in [5, 5.41) is 0. The number of nitrogens with two attached hydrogens (primary N) is 1. The number of rotatable bonds is 3. The molecular formula is C14H19FN2O2. The van der Waals surface area contributed by atoms with Gasteiger partial charge >= 0.3 is 0 Å². The van der Waals surface area contributed by atoms with Gasteiger partial charge in [0.2, 0.25) is 5.91 Å². The summed E-state index contributed by atoms with van der Waals surface area (Å²) in [5.41, 5.74) is 6.54. The molecule has 0 bridgehead atoms. The van der Waals surface area contributed by atoms with Crippen LogP contribution in [0.3, 0.4) is 0 Å². The van der Waals surface area contributed by atoms with Gasteiger partial charge in [0.05, 0.1) is 13.2 Å². The van der Waals surface area contributed by atoms with Crippen molar-refractivity contribution in [2.75, 3.05) is 20.2 Å². The van der Waals surface area contributed by atoms with Crippen molar-refractivity contribution in [1.29, 1.82) is 0 Å². The summed E-state index contributed by atoms with van der Waals surface area (Å²) in [7, 11) is 1.43. The van der Waals surface area contributed by atoms with E-state index in [1.165, 1.54) is 20.1 Å². The van der Waals surface area contributed by atoms with E-state index in [1.807, 2.05) is 0 Å². The van der Waals surface area contributed by atoms with Gasteiger partial charge in [0.1, 0.15) is 0 Å². The van der Waals surface area contributed by atoms with Crippen LogP contribution < -0.4 is 10.5 Å². The third-order valence-electron chi connectivity index (χ3n) is 3.75. The number of halogens is 1. The zero-order chi connectivity index (χ0) is 14.0. The number of hydrogen-bond acceptors (Lipinski definition) is 3. The molecule has 19 heavy (non-hydrogen) atoms. The minimum absolute atomic E-state index is 0.00261. The van der Waals surface area contributed by atoms with E-state index in [9.17, 15) is 9.18 Å². The maximum Gasteiger partial charge on any atom is 0.219 e. The van der Waals surface area contributed by atoms with E-state index in [-0.39, 0.29) is 23.6 Å². The van der Waals surface area contributed by atoms with Gasteiger partial charge in [0, 0.05) is 13.5 Å². The molecule has 1 aliphatic heterocycles. The summed E-state index contributed by atoms with van der Waals surface area (Å²) < 4.78 is 18.7. The lowest BCUT2D eigenvalue weighted by molar-refractivity contribution is -0.130. The molecule has 2 unspecified atom stereocenters. The van der Waals surface area contributed by atoms with Crippen LogP contribution in [0.4, 0.5) is 4.39 Å². The van der Waals surface area contributed by atoms with E-state index < -0.39 is 5.82 Å². The summed E-state index contributed by atoms with van der Waals surface area (Å²) in [4.78, 5) is 13.4.